The summed E-state index contributed by atoms with van der Waals surface area (Å²) in [5.74, 6) is -0.347. The van der Waals surface area contributed by atoms with E-state index in [4.69, 9.17) is 0 Å². The maximum absolute atomic E-state index is 12.7. The van der Waals surface area contributed by atoms with E-state index >= 15 is 0 Å². The van der Waals surface area contributed by atoms with Gasteiger partial charge in [-0.25, -0.2) is 4.39 Å². The number of hydrogen-bond donors (Lipinski definition) is 0. The number of benzene rings is 1. The van der Waals surface area contributed by atoms with Crippen molar-refractivity contribution < 1.29 is 9.18 Å². The zero-order chi connectivity index (χ0) is 13.5. The Bertz CT molecular complexity index is 448. The van der Waals surface area contributed by atoms with Crippen molar-refractivity contribution in [1.29, 1.82) is 0 Å². The van der Waals surface area contributed by atoms with Gasteiger partial charge in [0.1, 0.15) is 5.82 Å². The molecule has 0 saturated carbocycles. The number of nitrogens with zero attached hydrogens (tertiary/aromatic N) is 1. The average molecular weight is 247 g/mol. The maximum atomic E-state index is 12.7. The van der Waals surface area contributed by atoms with Gasteiger partial charge in [0.15, 0.2) is 0 Å². The molecule has 0 aliphatic rings. The second kappa shape index (κ2) is 6.74. The van der Waals surface area contributed by atoms with Gasteiger partial charge >= 0.3 is 0 Å². The minimum atomic E-state index is -0.282. The summed E-state index contributed by atoms with van der Waals surface area (Å²) >= 11 is 0. The van der Waals surface area contributed by atoms with Crippen molar-refractivity contribution in [3.63, 3.8) is 0 Å². The Hall–Kier alpha value is -1.90. The van der Waals surface area contributed by atoms with Gasteiger partial charge in [-0.05, 0) is 37.6 Å². The van der Waals surface area contributed by atoms with Crippen molar-refractivity contribution in [3.05, 3.63) is 53.9 Å². The van der Waals surface area contributed by atoms with Crippen molar-refractivity contribution in [3.8, 4) is 0 Å². The molecule has 0 aliphatic carbocycles. The fourth-order valence-corrected chi connectivity index (χ4v) is 1.52. The minimum absolute atomic E-state index is 0.0650. The van der Waals surface area contributed by atoms with E-state index in [-0.39, 0.29) is 11.7 Å². The van der Waals surface area contributed by atoms with Crippen LogP contribution in [0, 0.1) is 5.82 Å². The molecule has 0 heterocycles. The highest BCUT2D eigenvalue weighted by Crippen LogP contribution is 2.05. The van der Waals surface area contributed by atoms with Crippen LogP contribution in [0.4, 0.5) is 4.39 Å². The molecule has 1 amide bonds. The highest BCUT2D eigenvalue weighted by molar-refractivity contribution is 5.91. The first-order valence-electron chi connectivity index (χ1n) is 5.90. The van der Waals surface area contributed by atoms with Crippen LogP contribution in [0.3, 0.4) is 0 Å². The van der Waals surface area contributed by atoms with Crippen LogP contribution in [-0.2, 0) is 4.79 Å². The van der Waals surface area contributed by atoms with Crippen LogP contribution in [-0.4, -0.2) is 23.9 Å². The number of likely N-dealkylation sites (N-methyl/N-ethyl adjacent to an activating group) is 1. The first-order chi connectivity index (χ1) is 8.52. The highest BCUT2D eigenvalue weighted by atomic mass is 19.1. The third-order valence-electron chi connectivity index (χ3n) is 2.44. The van der Waals surface area contributed by atoms with Crippen LogP contribution in [0.15, 0.2) is 42.5 Å². The Morgan fingerprint density at radius 1 is 1.39 bits per heavy atom. The summed E-state index contributed by atoms with van der Waals surface area (Å²) in [4.78, 5) is 13.6. The zero-order valence-corrected chi connectivity index (χ0v) is 10.8. The van der Waals surface area contributed by atoms with Crippen LogP contribution in [0.25, 0.3) is 6.08 Å². The van der Waals surface area contributed by atoms with E-state index in [1.165, 1.54) is 18.2 Å². The standard InChI is InChI=1S/C15H18FNO/c1-4-17(11-12(2)3)15(18)10-7-13-5-8-14(16)9-6-13/h5-10H,2,4,11H2,1,3H3. The van der Waals surface area contributed by atoms with Crippen LogP contribution < -0.4 is 0 Å². The summed E-state index contributed by atoms with van der Waals surface area (Å²) in [6.07, 6.45) is 3.18. The van der Waals surface area contributed by atoms with E-state index in [2.05, 4.69) is 6.58 Å². The third-order valence-corrected chi connectivity index (χ3v) is 2.44. The molecule has 0 N–H and O–H groups in total. The van der Waals surface area contributed by atoms with E-state index in [0.29, 0.717) is 13.1 Å². The van der Waals surface area contributed by atoms with Gasteiger partial charge in [-0.3, -0.25) is 4.79 Å². The molecule has 0 saturated heterocycles. The monoisotopic (exact) mass is 247 g/mol. The lowest BCUT2D eigenvalue weighted by molar-refractivity contribution is -0.125. The molecule has 0 atom stereocenters. The lowest BCUT2D eigenvalue weighted by Crippen LogP contribution is -2.30. The van der Waals surface area contributed by atoms with E-state index in [1.807, 2.05) is 13.8 Å². The molecule has 0 aromatic heterocycles. The smallest absolute Gasteiger partial charge is 0.246 e. The number of amides is 1. The Labute approximate surface area is 107 Å². The summed E-state index contributed by atoms with van der Waals surface area (Å²) in [6, 6.07) is 6.01. The van der Waals surface area contributed by atoms with Crippen LogP contribution in [0.1, 0.15) is 19.4 Å². The van der Waals surface area contributed by atoms with Gasteiger partial charge in [-0.2, -0.15) is 0 Å². The topological polar surface area (TPSA) is 20.3 Å². The van der Waals surface area contributed by atoms with Crippen LogP contribution in [0.5, 0.6) is 0 Å². The summed E-state index contributed by atoms with van der Waals surface area (Å²) in [6.45, 7) is 8.80. The molecular weight excluding hydrogens is 229 g/mol. The molecule has 0 aliphatic heterocycles. The molecule has 2 nitrogen and oxygen atoms in total. The van der Waals surface area contributed by atoms with Crippen LogP contribution in [0.2, 0.25) is 0 Å². The van der Waals surface area contributed by atoms with Crippen molar-refractivity contribution in [1.82, 2.24) is 4.90 Å². The Morgan fingerprint density at radius 3 is 2.50 bits per heavy atom. The minimum Gasteiger partial charge on any atom is -0.335 e. The number of carbonyl (C=O) groups excluding carboxylic acids is 1. The summed E-state index contributed by atoms with van der Waals surface area (Å²) < 4.78 is 12.7. The molecule has 0 bridgehead atoms. The maximum Gasteiger partial charge on any atom is 0.246 e. The van der Waals surface area contributed by atoms with Crippen molar-refractivity contribution in [2.24, 2.45) is 0 Å². The molecule has 0 unspecified atom stereocenters. The van der Waals surface area contributed by atoms with Gasteiger partial charge in [-0.1, -0.05) is 24.3 Å². The lowest BCUT2D eigenvalue weighted by atomic mass is 10.2. The number of rotatable bonds is 5. The molecule has 1 rings (SSSR count). The Morgan fingerprint density at radius 2 is 2.00 bits per heavy atom. The second-order valence-electron chi connectivity index (χ2n) is 4.19. The summed E-state index contributed by atoms with van der Waals surface area (Å²) in [5, 5.41) is 0. The SMILES string of the molecule is C=C(C)CN(CC)C(=O)C=Cc1ccc(F)cc1. The summed E-state index contributed by atoms with van der Waals surface area (Å²) in [7, 11) is 0. The molecule has 96 valence electrons. The van der Waals surface area contributed by atoms with Crippen molar-refractivity contribution >= 4 is 12.0 Å². The van der Waals surface area contributed by atoms with Crippen molar-refractivity contribution in [2.75, 3.05) is 13.1 Å². The number of carbonyl (C=O) groups is 1. The van der Waals surface area contributed by atoms with E-state index in [9.17, 15) is 9.18 Å². The van der Waals surface area contributed by atoms with Gasteiger partial charge in [0.05, 0.1) is 0 Å². The van der Waals surface area contributed by atoms with E-state index in [1.54, 1.807) is 23.1 Å². The van der Waals surface area contributed by atoms with Gasteiger partial charge < -0.3 is 4.90 Å². The normalized spacial score (nSPS) is 10.6. The first kappa shape index (κ1) is 14.2. The fraction of sp³-hybridized carbons (Fsp3) is 0.267. The Balaban J connectivity index is 2.67. The molecular formula is C15H18FNO. The Kier molecular flexibility index (Phi) is 5.31. The quantitative estimate of drug-likeness (QED) is 0.577. The fourth-order valence-electron chi connectivity index (χ4n) is 1.52. The van der Waals surface area contributed by atoms with Gasteiger partial charge in [0.25, 0.3) is 0 Å². The largest absolute Gasteiger partial charge is 0.335 e. The molecule has 1 aromatic carbocycles. The molecule has 1 aromatic rings. The first-order valence-corrected chi connectivity index (χ1v) is 5.90. The third kappa shape index (κ3) is 4.53. The van der Waals surface area contributed by atoms with Crippen LogP contribution >= 0.6 is 0 Å². The molecule has 0 fully saturated rings. The summed E-state index contributed by atoms with van der Waals surface area (Å²) in [5.41, 5.74) is 1.75. The van der Waals surface area contributed by atoms with Gasteiger partial charge in [0.2, 0.25) is 5.91 Å². The number of halogens is 1. The molecule has 18 heavy (non-hydrogen) atoms. The average Bonchev–Trinajstić information content (AvgIpc) is 2.34. The van der Waals surface area contributed by atoms with E-state index in [0.717, 1.165) is 11.1 Å². The predicted octanol–water partition coefficient (Wildman–Crippen LogP) is 3.26. The zero-order valence-electron chi connectivity index (χ0n) is 10.8. The molecule has 0 spiro atoms. The second-order valence-corrected chi connectivity index (χ2v) is 4.19. The predicted molar refractivity (Wildman–Crippen MR) is 72.5 cm³/mol. The van der Waals surface area contributed by atoms with Crippen molar-refractivity contribution in [2.45, 2.75) is 13.8 Å². The number of hydrogen-bond acceptors (Lipinski definition) is 1. The van der Waals surface area contributed by atoms with Gasteiger partial charge in [0, 0.05) is 19.2 Å². The highest BCUT2D eigenvalue weighted by Gasteiger charge is 2.07. The van der Waals surface area contributed by atoms with Gasteiger partial charge in [-0.15, -0.1) is 0 Å². The van der Waals surface area contributed by atoms with E-state index < -0.39 is 0 Å². The lowest BCUT2D eigenvalue weighted by Gasteiger charge is -2.18. The molecule has 0 radical (unpaired) electrons. The molecule has 3 heteroatoms.